The van der Waals surface area contributed by atoms with E-state index in [9.17, 15) is 24.9 Å². The summed E-state index contributed by atoms with van der Waals surface area (Å²) in [5, 5.41) is 19.2. The highest BCUT2D eigenvalue weighted by molar-refractivity contribution is 6.15. The first-order valence-electron chi connectivity index (χ1n) is 27.0. The molecule has 400 valence electrons. The van der Waals surface area contributed by atoms with Crippen molar-refractivity contribution in [3.63, 3.8) is 0 Å². The number of rotatable bonds is 9. The number of hydrogen-bond donors (Lipinski definition) is 0. The Bertz CT molecular complexity index is 3180. The molecule has 4 saturated carbocycles. The Morgan fingerprint density at radius 3 is 1.64 bits per heavy atom. The van der Waals surface area contributed by atoms with Gasteiger partial charge in [-0.15, -0.1) is 0 Å². The molecule has 3 aromatic carbocycles. The lowest BCUT2D eigenvalue weighted by atomic mass is 9.53. The fourth-order valence-electron chi connectivity index (χ4n) is 12.8. The van der Waals surface area contributed by atoms with Crippen LogP contribution in [-0.2, 0) is 50.6 Å². The first kappa shape index (κ1) is 54.5. The van der Waals surface area contributed by atoms with E-state index in [0.29, 0.717) is 23.9 Å². The van der Waals surface area contributed by atoms with Gasteiger partial charge in [-0.3, -0.25) is 0 Å². The molecule has 4 aliphatic carbocycles. The first-order chi connectivity index (χ1) is 37.2. The summed E-state index contributed by atoms with van der Waals surface area (Å²) in [5.74, 6) is -2.34. The molecule has 11 rings (SSSR count). The number of anilines is 2. The molecule has 0 N–H and O–H groups in total. The number of nitriles is 2. The van der Waals surface area contributed by atoms with Crippen molar-refractivity contribution in [2.24, 2.45) is 23.7 Å². The van der Waals surface area contributed by atoms with Crippen LogP contribution in [0.25, 0.3) is 9.69 Å². The number of carbonyl (C=O) groups is 3. The Morgan fingerprint density at radius 1 is 0.692 bits per heavy atom. The summed E-state index contributed by atoms with van der Waals surface area (Å²) in [6, 6.07) is 27.7. The van der Waals surface area contributed by atoms with Crippen molar-refractivity contribution < 1.29 is 38.1 Å². The number of para-hydroxylation sites is 2. The zero-order chi connectivity index (χ0) is 55.9. The number of benzene rings is 3. The van der Waals surface area contributed by atoms with Gasteiger partial charge in [-0.1, -0.05) is 89.6 Å². The molecule has 0 unspecified atom stereocenters. The maximum Gasteiger partial charge on any atom is 0.348 e. The minimum atomic E-state index is -1.27. The predicted octanol–water partition coefficient (Wildman–Crippen LogP) is 13.1. The Balaban J connectivity index is 0.000000194. The summed E-state index contributed by atoms with van der Waals surface area (Å²) in [4.78, 5) is 50.3. The Kier molecular flexibility index (Phi) is 14.8. The highest BCUT2D eigenvalue weighted by Crippen LogP contribution is 2.61. The van der Waals surface area contributed by atoms with Gasteiger partial charge in [-0.25, -0.2) is 34.6 Å². The number of esters is 3. The molecule has 4 heterocycles. The molecule has 0 aromatic heterocycles. The third-order valence-electron chi connectivity index (χ3n) is 16.3. The number of ether oxygens (including phenoxy) is 5. The molecular formula is C64H66N6O8. The van der Waals surface area contributed by atoms with Crippen LogP contribution in [0.4, 0.5) is 11.4 Å². The summed E-state index contributed by atoms with van der Waals surface area (Å²) in [5.41, 5.74) is 6.92. The zero-order valence-corrected chi connectivity index (χ0v) is 45.9. The van der Waals surface area contributed by atoms with E-state index in [0.717, 1.165) is 79.0 Å². The van der Waals surface area contributed by atoms with Crippen LogP contribution in [0.5, 0.6) is 0 Å². The van der Waals surface area contributed by atoms with E-state index in [1.54, 1.807) is 38.1 Å². The second-order valence-corrected chi connectivity index (χ2v) is 23.0. The summed E-state index contributed by atoms with van der Waals surface area (Å²) < 4.78 is 29.3. The number of nitrogens with zero attached hydrogens (tertiary/aromatic N) is 6. The van der Waals surface area contributed by atoms with Gasteiger partial charge in [0, 0.05) is 77.9 Å². The molecule has 4 bridgehead atoms. The lowest BCUT2D eigenvalue weighted by Gasteiger charge is -2.59. The van der Waals surface area contributed by atoms with Crippen LogP contribution in [0.1, 0.15) is 134 Å². The van der Waals surface area contributed by atoms with Crippen LogP contribution in [0.15, 0.2) is 143 Å². The van der Waals surface area contributed by atoms with E-state index >= 15 is 0 Å². The van der Waals surface area contributed by atoms with Crippen LogP contribution < -0.4 is 9.80 Å². The number of carbonyl (C=O) groups excluding carboxylic acids is 3. The van der Waals surface area contributed by atoms with E-state index in [4.69, 9.17) is 36.8 Å². The molecule has 14 heteroatoms. The minimum absolute atomic E-state index is 0.00424. The van der Waals surface area contributed by atoms with Gasteiger partial charge < -0.3 is 33.5 Å². The molecule has 2 saturated heterocycles. The topological polar surface area (TPSA) is 160 Å². The van der Waals surface area contributed by atoms with Gasteiger partial charge in [0.2, 0.25) is 5.79 Å². The summed E-state index contributed by atoms with van der Waals surface area (Å²) in [6.45, 7) is 33.9. The van der Waals surface area contributed by atoms with Crippen LogP contribution in [0.3, 0.4) is 0 Å². The minimum Gasteiger partial charge on any atom is -0.463 e. The van der Waals surface area contributed by atoms with Crippen LogP contribution in [0.2, 0.25) is 0 Å². The fraction of sp³-hybridized carbons (Fsp3) is 0.422. The van der Waals surface area contributed by atoms with Crippen LogP contribution in [-0.4, -0.2) is 42.1 Å². The van der Waals surface area contributed by atoms with E-state index in [2.05, 4.69) is 78.4 Å². The molecule has 0 atom stereocenters. The SMILES string of the molecule is CC(C)OC(=O)c1ccc(CN2/C(=C/C=C3C(=O)OC4(OC3=O)C3CC5CC(C3)CC4C5)C(C)(C)c3ccccc32)cc1.[C-]#[N+]/C(C#N)=C1/OC(C)(C)O/C(=C(\C#N)[N+]#[C-])C1=C/C=C1/N(CCCC)c2ccccc2C1(C)C. The highest BCUT2D eigenvalue weighted by Gasteiger charge is 2.64. The quantitative estimate of drug-likeness (QED) is 0.0657. The third kappa shape index (κ3) is 9.97. The average Bonchev–Trinajstić information content (AvgIpc) is 3.79. The summed E-state index contributed by atoms with van der Waals surface area (Å²) >= 11 is 0. The fourth-order valence-corrected chi connectivity index (χ4v) is 12.8. The normalized spacial score (nSPS) is 26.6. The smallest absolute Gasteiger partial charge is 0.348 e. The molecule has 6 fully saturated rings. The standard InChI is InChI=1S/C36H39NO6.C28H27N5O2/c1-21(2)41-32(38)25-11-9-22(10-12-25)20-37-30-8-6-5-7-29(30)35(3,4)31(37)14-13-28-33(39)42-36(43-34(28)40)26-16-23-15-24(18-26)19-27(36)17-23;1-8-9-16-33-23-13-11-10-12-20(23)27(2,3)24(33)15-14-19-25(21(17-29)31-6)34-28(4,5)35-26(19)22(18-30)32-7/h5-14,21,23-24,26-27H,15-20H2,1-4H3;10-15H,8-9,16H2,1-5H3/b28-13?,31-14+;24-15+,25-21+,26-22+. The number of unbranched alkanes of at least 4 members (excludes halogenated alkanes) is 1. The number of allylic oxidation sites excluding steroid dienone is 8. The number of fused-ring (bicyclic) bond motifs is 2. The molecule has 8 aliphatic rings. The Labute approximate surface area is 458 Å². The van der Waals surface area contributed by atoms with E-state index in [1.807, 2.05) is 74.5 Å². The van der Waals surface area contributed by atoms with Crippen molar-refractivity contribution in [3.05, 3.63) is 188 Å². The average molecular weight is 1050 g/mol. The predicted molar refractivity (Wildman–Crippen MR) is 293 cm³/mol. The second kappa shape index (κ2) is 21.2. The maximum absolute atomic E-state index is 13.4. The highest BCUT2D eigenvalue weighted by atomic mass is 16.7. The van der Waals surface area contributed by atoms with Crippen molar-refractivity contribution in [1.29, 1.82) is 10.5 Å². The van der Waals surface area contributed by atoms with E-state index in [1.165, 1.54) is 12.0 Å². The van der Waals surface area contributed by atoms with Gasteiger partial charge in [0.25, 0.3) is 5.79 Å². The van der Waals surface area contributed by atoms with Gasteiger partial charge in [0.15, 0.2) is 11.5 Å². The van der Waals surface area contributed by atoms with Gasteiger partial charge in [0.05, 0.1) is 37.0 Å². The van der Waals surface area contributed by atoms with Crippen LogP contribution >= 0.6 is 0 Å². The monoisotopic (exact) mass is 1050 g/mol. The molecule has 3 aromatic rings. The largest absolute Gasteiger partial charge is 0.463 e. The van der Waals surface area contributed by atoms with Crippen molar-refractivity contribution in [1.82, 2.24) is 0 Å². The van der Waals surface area contributed by atoms with Crippen molar-refractivity contribution >= 4 is 29.3 Å². The van der Waals surface area contributed by atoms with Gasteiger partial charge in [-0.2, -0.15) is 0 Å². The third-order valence-corrected chi connectivity index (χ3v) is 16.3. The lowest BCUT2D eigenvalue weighted by molar-refractivity contribution is -0.313. The molecule has 4 aliphatic heterocycles. The first-order valence-corrected chi connectivity index (χ1v) is 27.0. The van der Waals surface area contributed by atoms with Crippen molar-refractivity contribution in [2.45, 2.75) is 142 Å². The number of hydrogen-bond acceptors (Lipinski definition) is 12. The molecular weight excluding hydrogens is 981 g/mol. The second-order valence-electron chi connectivity index (χ2n) is 23.0. The molecule has 14 nitrogen and oxygen atoms in total. The van der Waals surface area contributed by atoms with Gasteiger partial charge in [-0.05, 0) is 129 Å². The molecule has 78 heavy (non-hydrogen) atoms. The lowest BCUT2D eigenvalue weighted by Crippen LogP contribution is -2.63. The van der Waals surface area contributed by atoms with Gasteiger partial charge >= 0.3 is 29.3 Å². The zero-order valence-electron chi connectivity index (χ0n) is 45.9. The summed E-state index contributed by atoms with van der Waals surface area (Å²) in [7, 11) is 0. The molecule has 0 radical (unpaired) electrons. The van der Waals surface area contributed by atoms with Crippen molar-refractivity contribution in [2.75, 3.05) is 16.3 Å². The summed E-state index contributed by atoms with van der Waals surface area (Å²) in [6.07, 6.45) is 14.0. The van der Waals surface area contributed by atoms with E-state index in [-0.39, 0.29) is 68.8 Å². The van der Waals surface area contributed by atoms with Crippen LogP contribution in [0, 0.1) is 59.5 Å². The molecule has 1 spiro atoms. The van der Waals surface area contributed by atoms with Gasteiger partial charge in [0.1, 0.15) is 5.57 Å². The van der Waals surface area contributed by atoms with Crippen molar-refractivity contribution in [3.8, 4) is 12.1 Å². The maximum atomic E-state index is 13.4. The molecule has 0 amide bonds. The Morgan fingerprint density at radius 2 is 1.17 bits per heavy atom. The Hall–Kier alpha value is -8.33. The van der Waals surface area contributed by atoms with E-state index < -0.39 is 23.5 Å².